The molecule has 1 aromatic carbocycles. The van der Waals surface area contributed by atoms with Gasteiger partial charge in [0, 0.05) is 12.1 Å². The molecular formula is C8H3ClF3NOS. The van der Waals surface area contributed by atoms with Crippen molar-refractivity contribution < 1.29 is 17.9 Å². The van der Waals surface area contributed by atoms with Crippen LogP contribution in [0, 0.1) is 0 Å². The van der Waals surface area contributed by atoms with Crippen molar-refractivity contribution >= 4 is 33.2 Å². The quantitative estimate of drug-likeness (QED) is 0.770. The molecule has 1 aromatic heterocycles. The van der Waals surface area contributed by atoms with Gasteiger partial charge < -0.3 is 4.74 Å². The Morgan fingerprint density at radius 1 is 1.33 bits per heavy atom. The minimum absolute atomic E-state index is 0.146. The van der Waals surface area contributed by atoms with Crippen LogP contribution < -0.4 is 4.74 Å². The largest absolute Gasteiger partial charge is 0.573 e. The van der Waals surface area contributed by atoms with Gasteiger partial charge in [-0.15, -0.1) is 24.5 Å². The van der Waals surface area contributed by atoms with Crippen LogP contribution in [-0.2, 0) is 0 Å². The summed E-state index contributed by atoms with van der Waals surface area (Å²) in [6.07, 6.45) is -4.71. The minimum atomic E-state index is -4.71. The van der Waals surface area contributed by atoms with Crippen LogP contribution in [0.2, 0.25) is 5.02 Å². The lowest BCUT2D eigenvalue weighted by atomic mass is 10.3. The first-order valence-corrected chi connectivity index (χ1v) is 5.00. The monoisotopic (exact) mass is 253 g/mol. The Labute approximate surface area is 91.3 Å². The Morgan fingerprint density at radius 2 is 2.07 bits per heavy atom. The standard InChI is InChI=1S/C8H3ClF3NOS/c9-5-1-4(14-8(10,11)12)2-6-7(5)13-3-15-6/h1-3H. The molecule has 0 spiro atoms. The second kappa shape index (κ2) is 3.53. The van der Waals surface area contributed by atoms with E-state index in [1.54, 1.807) is 0 Å². The van der Waals surface area contributed by atoms with Crippen LogP contribution in [0.1, 0.15) is 0 Å². The van der Waals surface area contributed by atoms with E-state index in [-0.39, 0.29) is 10.8 Å². The van der Waals surface area contributed by atoms with Crippen molar-refractivity contribution in [1.29, 1.82) is 0 Å². The van der Waals surface area contributed by atoms with Crippen LogP contribution in [0.4, 0.5) is 13.2 Å². The van der Waals surface area contributed by atoms with Gasteiger partial charge in [0.15, 0.2) is 0 Å². The minimum Gasteiger partial charge on any atom is -0.406 e. The topological polar surface area (TPSA) is 22.1 Å². The van der Waals surface area contributed by atoms with E-state index in [1.165, 1.54) is 22.9 Å². The number of nitrogens with zero attached hydrogens (tertiary/aromatic N) is 1. The number of hydrogen-bond donors (Lipinski definition) is 0. The number of ether oxygens (including phenoxy) is 1. The first-order valence-electron chi connectivity index (χ1n) is 3.74. The number of alkyl halides is 3. The van der Waals surface area contributed by atoms with Gasteiger partial charge in [-0.3, -0.25) is 0 Å². The van der Waals surface area contributed by atoms with Gasteiger partial charge in [0.05, 0.1) is 15.2 Å². The summed E-state index contributed by atoms with van der Waals surface area (Å²) in [6.45, 7) is 0. The maximum Gasteiger partial charge on any atom is 0.573 e. The first-order chi connectivity index (χ1) is 6.96. The Balaban J connectivity index is 2.45. The lowest BCUT2D eigenvalue weighted by Gasteiger charge is -2.08. The van der Waals surface area contributed by atoms with Crippen LogP contribution >= 0.6 is 22.9 Å². The zero-order valence-electron chi connectivity index (χ0n) is 7.01. The van der Waals surface area contributed by atoms with E-state index in [0.29, 0.717) is 10.2 Å². The Morgan fingerprint density at radius 3 is 2.73 bits per heavy atom. The summed E-state index contributed by atoms with van der Waals surface area (Å²) in [4.78, 5) is 3.91. The maximum atomic E-state index is 11.9. The smallest absolute Gasteiger partial charge is 0.406 e. The number of aromatic nitrogens is 1. The molecule has 2 nitrogen and oxygen atoms in total. The van der Waals surface area contributed by atoms with Gasteiger partial charge in [0.1, 0.15) is 11.3 Å². The van der Waals surface area contributed by atoms with Crippen LogP contribution in [0.25, 0.3) is 10.2 Å². The molecule has 0 atom stereocenters. The fraction of sp³-hybridized carbons (Fsp3) is 0.125. The van der Waals surface area contributed by atoms with E-state index in [0.717, 1.165) is 6.07 Å². The number of benzene rings is 1. The molecule has 1 heterocycles. The highest BCUT2D eigenvalue weighted by Crippen LogP contribution is 2.33. The number of rotatable bonds is 1. The normalized spacial score (nSPS) is 12.0. The lowest BCUT2D eigenvalue weighted by Crippen LogP contribution is -2.17. The molecule has 2 aromatic rings. The maximum absolute atomic E-state index is 11.9. The van der Waals surface area contributed by atoms with Crippen molar-refractivity contribution in [1.82, 2.24) is 4.98 Å². The molecule has 0 saturated carbocycles. The van der Waals surface area contributed by atoms with Gasteiger partial charge in [0.25, 0.3) is 0 Å². The van der Waals surface area contributed by atoms with E-state index in [4.69, 9.17) is 11.6 Å². The summed E-state index contributed by atoms with van der Waals surface area (Å²) >= 11 is 6.93. The molecule has 0 aliphatic heterocycles. The third-order valence-electron chi connectivity index (χ3n) is 1.60. The van der Waals surface area contributed by atoms with Crippen molar-refractivity contribution in [3.8, 4) is 5.75 Å². The highest BCUT2D eigenvalue weighted by atomic mass is 35.5. The van der Waals surface area contributed by atoms with Crippen LogP contribution in [0.3, 0.4) is 0 Å². The van der Waals surface area contributed by atoms with Gasteiger partial charge >= 0.3 is 6.36 Å². The fourth-order valence-corrected chi connectivity index (χ4v) is 2.14. The summed E-state index contributed by atoms with van der Waals surface area (Å²) in [5, 5.41) is 0.146. The third kappa shape index (κ3) is 2.32. The first kappa shape index (κ1) is 10.5. The van der Waals surface area contributed by atoms with Gasteiger partial charge in [0.2, 0.25) is 0 Å². The zero-order valence-corrected chi connectivity index (χ0v) is 8.58. The van der Waals surface area contributed by atoms with Crippen molar-refractivity contribution in [2.45, 2.75) is 6.36 Å². The van der Waals surface area contributed by atoms with Crippen molar-refractivity contribution in [2.75, 3.05) is 0 Å². The third-order valence-corrected chi connectivity index (χ3v) is 2.66. The van der Waals surface area contributed by atoms with Crippen molar-refractivity contribution in [3.63, 3.8) is 0 Å². The summed E-state index contributed by atoms with van der Waals surface area (Å²) in [6, 6.07) is 2.35. The van der Waals surface area contributed by atoms with Crippen molar-refractivity contribution in [3.05, 3.63) is 22.7 Å². The molecule has 80 valence electrons. The SMILES string of the molecule is FC(F)(F)Oc1cc(Cl)c2ncsc2c1. The predicted octanol–water partition coefficient (Wildman–Crippen LogP) is 3.85. The van der Waals surface area contributed by atoms with Crippen LogP contribution in [0.15, 0.2) is 17.6 Å². The molecule has 0 fully saturated rings. The molecule has 0 saturated heterocycles. The van der Waals surface area contributed by atoms with E-state index in [2.05, 4.69) is 9.72 Å². The Bertz CT molecular complexity index is 496. The second-order valence-corrected chi connectivity index (χ2v) is 3.95. The molecule has 15 heavy (non-hydrogen) atoms. The molecule has 0 bridgehead atoms. The fourth-order valence-electron chi connectivity index (χ4n) is 1.09. The Kier molecular flexibility index (Phi) is 2.47. The molecule has 0 N–H and O–H groups in total. The van der Waals surface area contributed by atoms with Gasteiger partial charge in [-0.25, -0.2) is 4.98 Å². The van der Waals surface area contributed by atoms with Gasteiger partial charge in [-0.2, -0.15) is 0 Å². The van der Waals surface area contributed by atoms with E-state index in [1.807, 2.05) is 0 Å². The summed E-state index contributed by atoms with van der Waals surface area (Å²) in [7, 11) is 0. The molecule has 2 rings (SSSR count). The zero-order chi connectivity index (χ0) is 11.1. The van der Waals surface area contributed by atoms with Crippen LogP contribution in [-0.4, -0.2) is 11.3 Å². The molecule has 7 heteroatoms. The van der Waals surface area contributed by atoms with Crippen LogP contribution in [0.5, 0.6) is 5.75 Å². The molecule has 0 unspecified atom stereocenters. The van der Waals surface area contributed by atoms with Crippen molar-refractivity contribution in [2.24, 2.45) is 0 Å². The van der Waals surface area contributed by atoms with E-state index in [9.17, 15) is 13.2 Å². The number of fused-ring (bicyclic) bond motifs is 1. The molecule has 0 radical (unpaired) electrons. The summed E-state index contributed by atoms with van der Waals surface area (Å²) in [5.74, 6) is -0.329. The predicted molar refractivity (Wildman–Crippen MR) is 51.3 cm³/mol. The lowest BCUT2D eigenvalue weighted by molar-refractivity contribution is -0.274. The highest BCUT2D eigenvalue weighted by molar-refractivity contribution is 7.16. The Hall–Kier alpha value is -1.01. The summed E-state index contributed by atoms with van der Waals surface area (Å²) < 4.78 is 40.1. The number of thiazole rings is 1. The second-order valence-electron chi connectivity index (χ2n) is 2.65. The molecular weight excluding hydrogens is 251 g/mol. The summed E-state index contributed by atoms with van der Waals surface area (Å²) in [5.41, 5.74) is 1.99. The molecule has 0 amide bonds. The van der Waals surface area contributed by atoms with Gasteiger partial charge in [-0.1, -0.05) is 11.6 Å². The van der Waals surface area contributed by atoms with E-state index >= 15 is 0 Å². The highest BCUT2D eigenvalue weighted by Gasteiger charge is 2.31. The van der Waals surface area contributed by atoms with Gasteiger partial charge in [-0.05, 0) is 0 Å². The number of halogens is 4. The van der Waals surface area contributed by atoms with E-state index < -0.39 is 6.36 Å². The average Bonchev–Trinajstić information content (AvgIpc) is 2.48. The average molecular weight is 254 g/mol. The molecule has 0 aliphatic carbocycles. The molecule has 0 aliphatic rings. The number of hydrogen-bond acceptors (Lipinski definition) is 3.